The molecule has 0 aliphatic heterocycles. The van der Waals surface area contributed by atoms with Gasteiger partial charge in [0.15, 0.2) is 0 Å². The fraction of sp³-hybridized carbons (Fsp3) is 0.765. The fourth-order valence-electron chi connectivity index (χ4n) is 2.61. The zero-order valence-corrected chi connectivity index (χ0v) is 15.1. The number of rotatable bonds is 9. The monoisotopic (exact) mass is 324 g/mol. The van der Waals surface area contributed by atoms with E-state index in [0.717, 1.165) is 37.2 Å². The van der Waals surface area contributed by atoms with Crippen LogP contribution in [0.2, 0.25) is 0 Å². The molecule has 0 bridgehead atoms. The van der Waals surface area contributed by atoms with Crippen LogP contribution in [0.25, 0.3) is 0 Å². The van der Waals surface area contributed by atoms with E-state index in [1.165, 1.54) is 0 Å². The third kappa shape index (κ3) is 5.23. The van der Waals surface area contributed by atoms with Crippen molar-refractivity contribution in [3.8, 4) is 0 Å². The van der Waals surface area contributed by atoms with Crippen molar-refractivity contribution in [2.75, 3.05) is 18.5 Å². The van der Waals surface area contributed by atoms with Crippen LogP contribution in [-0.2, 0) is 13.0 Å². The molecule has 0 fully saturated rings. The third-order valence-electron chi connectivity index (χ3n) is 4.53. The van der Waals surface area contributed by atoms with Crippen molar-refractivity contribution in [3.05, 3.63) is 11.9 Å². The number of nitrogens with one attached hydrogen (secondary N) is 2. The first-order valence-corrected chi connectivity index (χ1v) is 8.61. The molecular formula is C17H32N4O2. The Morgan fingerprint density at radius 3 is 2.48 bits per heavy atom. The van der Waals surface area contributed by atoms with Gasteiger partial charge in [-0.1, -0.05) is 34.6 Å². The summed E-state index contributed by atoms with van der Waals surface area (Å²) in [6.07, 6.45) is 4.17. The van der Waals surface area contributed by atoms with Gasteiger partial charge in [-0.25, -0.2) is 4.79 Å². The predicted octanol–water partition coefficient (Wildman–Crippen LogP) is 3.02. The van der Waals surface area contributed by atoms with Gasteiger partial charge in [-0.3, -0.25) is 4.68 Å². The number of aliphatic hydroxyl groups excluding tert-OH is 1. The molecule has 3 N–H and O–H groups in total. The average molecular weight is 324 g/mol. The van der Waals surface area contributed by atoms with Crippen LogP contribution in [0.1, 0.15) is 53.2 Å². The van der Waals surface area contributed by atoms with Gasteiger partial charge in [0, 0.05) is 18.5 Å². The van der Waals surface area contributed by atoms with E-state index in [9.17, 15) is 9.90 Å². The van der Waals surface area contributed by atoms with Gasteiger partial charge in [0.2, 0.25) is 0 Å². The molecule has 0 saturated heterocycles. The Labute approximate surface area is 139 Å². The lowest BCUT2D eigenvalue weighted by atomic mass is 9.83. The van der Waals surface area contributed by atoms with Crippen molar-refractivity contribution in [3.63, 3.8) is 0 Å². The SMILES string of the molecule is CCc1c(NC(=O)NCC(CC)(CC)CO)cnn1CC(C)C. The van der Waals surface area contributed by atoms with E-state index in [1.54, 1.807) is 6.20 Å². The summed E-state index contributed by atoms with van der Waals surface area (Å²) < 4.78 is 1.95. The molecule has 1 rings (SSSR count). The Bertz CT molecular complexity index is 485. The highest BCUT2D eigenvalue weighted by atomic mass is 16.3. The lowest BCUT2D eigenvalue weighted by molar-refractivity contribution is 0.116. The second kappa shape index (κ2) is 8.91. The highest BCUT2D eigenvalue weighted by Crippen LogP contribution is 2.24. The van der Waals surface area contributed by atoms with E-state index in [4.69, 9.17) is 0 Å². The van der Waals surface area contributed by atoms with Crippen molar-refractivity contribution < 1.29 is 9.90 Å². The maximum atomic E-state index is 12.2. The van der Waals surface area contributed by atoms with E-state index < -0.39 is 0 Å². The largest absolute Gasteiger partial charge is 0.396 e. The summed E-state index contributed by atoms with van der Waals surface area (Å²) in [5.74, 6) is 0.501. The van der Waals surface area contributed by atoms with Gasteiger partial charge in [-0.15, -0.1) is 0 Å². The van der Waals surface area contributed by atoms with Gasteiger partial charge in [0.1, 0.15) is 0 Å². The molecule has 1 aromatic heterocycles. The van der Waals surface area contributed by atoms with E-state index >= 15 is 0 Å². The first kappa shape index (κ1) is 19.5. The van der Waals surface area contributed by atoms with E-state index in [-0.39, 0.29) is 18.1 Å². The molecule has 0 saturated carbocycles. The van der Waals surface area contributed by atoms with Gasteiger partial charge < -0.3 is 15.7 Å². The molecule has 6 heteroatoms. The quantitative estimate of drug-likeness (QED) is 0.653. The Hall–Kier alpha value is -1.56. The molecule has 2 amide bonds. The second-order valence-electron chi connectivity index (χ2n) is 6.61. The van der Waals surface area contributed by atoms with Crippen LogP contribution in [-0.4, -0.2) is 34.1 Å². The summed E-state index contributed by atoms with van der Waals surface area (Å²) in [6.45, 7) is 11.8. The van der Waals surface area contributed by atoms with Gasteiger partial charge in [-0.2, -0.15) is 5.10 Å². The Morgan fingerprint density at radius 2 is 2.00 bits per heavy atom. The van der Waals surface area contributed by atoms with Crippen LogP contribution >= 0.6 is 0 Å². The van der Waals surface area contributed by atoms with Crippen molar-refractivity contribution >= 4 is 11.7 Å². The summed E-state index contributed by atoms with van der Waals surface area (Å²) in [4.78, 5) is 12.2. The maximum Gasteiger partial charge on any atom is 0.319 e. The maximum absolute atomic E-state index is 12.2. The number of aliphatic hydroxyl groups is 1. The highest BCUT2D eigenvalue weighted by Gasteiger charge is 2.26. The molecule has 0 radical (unpaired) electrons. The van der Waals surface area contributed by atoms with Crippen molar-refractivity contribution in [2.45, 2.75) is 60.4 Å². The normalized spacial score (nSPS) is 11.8. The summed E-state index contributed by atoms with van der Waals surface area (Å²) in [5.41, 5.74) is 1.55. The lowest BCUT2D eigenvalue weighted by Crippen LogP contribution is -2.41. The number of hydrogen-bond acceptors (Lipinski definition) is 3. The number of carbonyl (C=O) groups excluding carboxylic acids is 1. The molecule has 0 spiro atoms. The molecule has 132 valence electrons. The lowest BCUT2D eigenvalue weighted by Gasteiger charge is -2.29. The molecule has 6 nitrogen and oxygen atoms in total. The van der Waals surface area contributed by atoms with Crippen LogP contribution in [0.5, 0.6) is 0 Å². The minimum Gasteiger partial charge on any atom is -0.396 e. The second-order valence-corrected chi connectivity index (χ2v) is 6.61. The fourth-order valence-corrected chi connectivity index (χ4v) is 2.61. The van der Waals surface area contributed by atoms with Crippen LogP contribution in [0.3, 0.4) is 0 Å². The highest BCUT2D eigenvalue weighted by molar-refractivity contribution is 5.89. The number of amides is 2. The molecule has 0 unspecified atom stereocenters. The van der Waals surface area contributed by atoms with Gasteiger partial charge in [0.05, 0.1) is 24.2 Å². The number of carbonyl (C=O) groups is 1. The van der Waals surface area contributed by atoms with Gasteiger partial charge in [0.25, 0.3) is 0 Å². The summed E-state index contributed by atoms with van der Waals surface area (Å²) >= 11 is 0. The number of hydrogen-bond donors (Lipinski definition) is 3. The van der Waals surface area contributed by atoms with E-state index in [0.29, 0.717) is 12.5 Å². The zero-order valence-electron chi connectivity index (χ0n) is 15.1. The third-order valence-corrected chi connectivity index (χ3v) is 4.53. The Morgan fingerprint density at radius 1 is 1.35 bits per heavy atom. The van der Waals surface area contributed by atoms with Crippen molar-refractivity contribution in [2.24, 2.45) is 11.3 Å². The van der Waals surface area contributed by atoms with E-state index in [1.807, 2.05) is 18.5 Å². The molecule has 1 aromatic rings. The average Bonchev–Trinajstić information content (AvgIpc) is 2.90. The molecule has 1 heterocycles. The van der Waals surface area contributed by atoms with Crippen LogP contribution in [0, 0.1) is 11.3 Å². The van der Waals surface area contributed by atoms with Crippen LogP contribution < -0.4 is 10.6 Å². The number of nitrogens with zero attached hydrogens (tertiary/aromatic N) is 2. The Balaban J connectivity index is 2.69. The van der Waals surface area contributed by atoms with Gasteiger partial charge >= 0.3 is 6.03 Å². The Kier molecular flexibility index (Phi) is 7.55. The number of urea groups is 1. The summed E-state index contributed by atoms with van der Waals surface area (Å²) in [7, 11) is 0. The number of anilines is 1. The van der Waals surface area contributed by atoms with Crippen LogP contribution in [0.15, 0.2) is 6.20 Å². The van der Waals surface area contributed by atoms with Crippen LogP contribution in [0.4, 0.5) is 10.5 Å². The summed E-state index contributed by atoms with van der Waals surface area (Å²) in [5, 5.41) is 19.7. The van der Waals surface area contributed by atoms with Crippen molar-refractivity contribution in [1.82, 2.24) is 15.1 Å². The molecule has 0 aliphatic rings. The molecule has 0 aliphatic carbocycles. The summed E-state index contributed by atoms with van der Waals surface area (Å²) in [6, 6.07) is -0.247. The molecule has 0 atom stereocenters. The molecule has 0 aromatic carbocycles. The predicted molar refractivity (Wildman–Crippen MR) is 93.6 cm³/mol. The zero-order chi connectivity index (χ0) is 17.5. The minimum absolute atomic E-state index is 0.0762. The standard InChI is InChI=1S/C17H32N4O2/c1-6-15-14(9-19-21(15)10-13(4)5)20-16(23)18-11-17(7-2,8-3)12-22/h9,13,22H,6-8,10-12H2,1-5H3,(H2,18,20,23). The number of aromatic nitrogens is 2. The minimum atomic E-state index is -0.247. The van der Waals surface area contributed by atoms with E-state index in [2.05, 4.69) is 36.5 Å². The molecular weight excluding hydrogens is 292 g/mol. The first-order chi connectivity index (χ1) is 10.9. The molecule has 23 heavy (non-hydrogen) atoms. The first-order valence-electron chi connectivity index (χ1n) is 8.61. The topological polar surface area (TPSA) is 79.2 Å². The smallest absolute Gasteiger partial charge is 0.319 e. The van der Waals surface area contributed by atoms with Crippen molar-refractivity contribution in [1.29, 1.82) is 0 Å². The van der Waals surface area contributed by atoms with Gasteiger partial charge in [-0.05, 0) is 25.2 Å².